The van der Waals surface area contributed by atoms with Crippen LogP contribution in [-0.2, 0) is 0 Å². The molecular formula is C17H21BrN2O. The van der Waals surface area contributed by atoms with E-state index in [2.05, 4.69) is 45.3 Å². The van der Waals surface area contributed by atoms with Gasteiger partial charge in [0, 0.05) is 16.4 Å². The molecule has 0 aliphatic heterocycles. The van der Waals surface area contributed by atoms with Crippen LogP contribution >= 0.6 is 15.9 Å². The topological polar surface area (TPSA) is 34.2 Å². The van der Waals surface area contributed by atoms with Gasteiger partial charge in [0.25, 0.3) is 0 Å². The van der Waals surface area contributed by atoms with Crippen molar-refractivity contribution in [1.82, 2.24) is 10.3 Å². The zero-order valence-corrected chi connectivity index (χ0v) is 14.3. The van der Waals surface area contributed by atoms with Crippen LogP contribution in [0.2, 0.25) is 0 Å². The van der Waals surface area contributed by atoms with Crippen LogP contribution in [-0.4, -0.2) is 18.6 Å². The number of halogens is 1. The van der Waals surface area contributed by atoms with Gasteiger partial charge in [0.2, 0.25) is 0 Å². The SMILES string of the molecule is CCCNC(c1ccc(C)nc1)c1cc(OC)ccc1Br. The largest absolute Gasteiger partial charge is 0.497 e. The van der Waals surface area contributed by atoms with Crippen LogP contribution in [0.15, 0.2) is 41.0 Å². The molecule has 0 saturated carbocycles. The number of benzene rings is 1. The van der Waals surface area contributed by atoms with Crippen LogP contribution in [0.3, 0.4) is 0 Å². The van der Waals surface area contributed by atoms with Gasteiger partial charge >= 0.3 is 0 Å². The molecule has 0 fully saturated rings. The lowest BCUT2D eigenvalue weighted by molar-refractivity contribution is 0.413. The molecule has 0 amide bonds. The molecule has 0 bridgehead atoms. The fraction of sp³-hybridized carbons (Fsp3) is 0.353. The number of pyridine rings is 1. The summed E-state index contributed by atoms with van der Waals surface area (Å²) in [7, 11) is 1.69. The fourth-order valence-corrected chi connectivity index (χ4v) is 2.69. The molecule has 0 aliphatic rings. The van der Waals surface area contributed by atoms with Gasteiger partial charge in [-0.1, -0.05) is 28.9 Å². The second-order valence-corrected chi connectivity index (χ2v) is 5.86. The average Bonchev–Trinajstić information content (AvgIpc) is 2.51. The van der Waals surface area contributed by atoms with Crippen molar-refractivity contribution in [3.63, 3.8) is 0 Å². The van der Waals surface area contributed by atoms with Crippen LogP contribution < -0.4 is 10.1 Å². The van der Waals surface area contributed by atoms with E-state index in [0.717, 1.165) is 40.0 Å². The van der Waals surface area contributed by atoms with Crippen LogP contribution in [0.4, 0.5) is 0 Å². The first-order chi connectivity index (χ1) is 10.2. The maximum atomic E-state index is 5.36. The summed E-state index contributed by atoms with van der Waals surface area (Å²) in [6.45, 7) is 5.11. The van der Waals surface area contributed by atoms with Crippen LogP contribution in [0, 0.1) is 6.92 Å². The zero-order chi connectivity index (χ0) is 15.2. The number of nitrogens with one attached hydrogen (secondary N) is 1. The number of ether oxygens (including phenoxy) is 1. The van der Waals surface area contributed by atoms with Gasteiger partial charge in [-0.3, -0.25) is 4.98 Å². The Hall–Kier alpha value is -1.39. The molecule has 0 radical (unpaired) electrons. The Morgan fingerprint density at radius 3 is 2.71 bits per heavy atom. The molecular weight excluding hydrogens is 328 g/mol. The Labute approximate surface area is 134 Å². The third-order valence-corrected chi connectivity index (χ3v) is 4.10. The third-order valence-electron chi connectivity index (χ3n) is 3.38. The van der Waals surface area contributed by atoms with Crippen molar-refractivity contribution in [3.8, 4) is 5.75 Å². The van der Waals surface area contributed by atoms with Crippen molar-refractivity contribution in [2.24, 2.45) is 0 Å². The van der Waals surface area contributed by atoms with E-state index in [9.17, 15) is 0 Å². The number of hydrogen-bond donors (Lipinski definition) is 1. The smallest absolute Gasteiger partial charge is 0.119 e. The van der Waals surface area contributed by atoms with Crippen molar-refractivity contribution in [2.45, 2.75) is 26.3 Å². The van der Waals surface area contributed by atoms with E-state index < -0.39 is 0 Å². The average molecular weight is 349 g/mol. The number of rotatable bonds is 6. The van der Waals surface area contributed by atoms with Gasteiger partial charge in [0.05, 0.1) is 13.2 Å². The third kappa shape index (κ3) is 4.05. The Kier molecular flexibility index (Phi) is 5.76. The summed E-state index contributed by atoms with van der Waals surface area (Å²) < 4.78 is 6.42. The molecule has 1 unspecified atom stereocenters. The summed E-state index contributed by atoms with van der Waals surface area (Å²) in [5.41, 5.74) is 3.34. The highest BCUT2D eigenvalue weighted by Gasteiger charge is 2.17. The molecule has 2 rings (SSSR count). The lowest BCUT2D eigenvalue weighted by atomic mass is 9.99. The predicted molar refractivity (Wildman–Crippen MR) is 89.8 cm³/mol. The van der Waals surface area contributed by atoms with Gasteiger partial charge in [-0.25, -0.2) is 0 Å². The predicted octanol–water partition coefficient (Wildman–Crippen LogP) is 4.25. The van der Waals surface area contributed by atoms with Gasteiger partial charge in [-0.15, -0.1) is 0 Å². The van der Waals surface area contributed by atoms with Crippen molar-refractivity contribution in [2.75, 3.05) is 13.7 Å². The summed E-state index contributed by atoms with van der Waals surface area (Å²) in [5.74, 6) is 0.858. The molecule has 4 heteroatoms. The minimum absolute atomic E-state index is 0.0996. The minimum atomic E-state index is 0.0996. The normalized spacial score (nSPS) is 12.2. The molecule has 0 aliphatic carbocycles. The Bertz CT molecular complexity index is 584. The summed E-state index contributed by atoms with van der Waals surface area (Å²) in [4.78, 5) is 4.42. The molecule has 1 aromatic carbocycles. The van der Waals surface area contributed by atoms with Crippen molar-refractivity contribution >= 4 is 15.9 Å². The van der Waals surface area contributed by atoms with Gasteiger partial charge in [-0.05, 0) is 55.3 Å². The van der Waals surface area contributed by atoms with E-state index in [4.69, 9.17) is 4.74 Å². The highest BCUT2D eigenvalue weighted by Crippen LogP contribution is 2.31. The Morgan fingerprint density at radius 1 is 1.29 bits per heavy atom. The van der Waals surface area contributed by atoms with Gasteiger partial charge in [0.15, 0.2) is 0 Å². The highest BCUT2D eigenvalue weighted by molar-refractivity contribution is 9.10. The molecule has 1 N–H and O–H groups in total. The second kappa shape index (κ2) is 7.57. The molecule has 3 nitrogen and oxygen atoms in total. The van der Waals surface area contributed by atoms with E-state index >= 15 is 0 Å². The van der Waals surface area contributed by atoms with Crippen LogP contribution in [0.25, 0.3) is 0 Å². The number of methoxy groups -OCH3 is 1. The number of nitrogens with zero attached hydrogens (tertiary/aromatic N) is 1. The summed E-state index contributed by atoms with van der Waals surface area (Å²) in [5, 5.41) is 3.59. The van der Waals surface area contributed by atoms with Gasteiger partial charge in [0.1, 0.15) is 5.75 Å². The Balaban J connectivity index is 2.42. The molecule has 0 saturated heterocycles. The zero-order valence-electron chi connectivity index (χ0n) is 12.7. The van der Waals surface area contributed by atoms with E-state index in [0.29, 0.717) is 0 Å². The first-order valence-corrected chi connectivity index (χ1v) is 7.94. The first-order valence-electron chi connectivity index (χ1n) is 7.15. The quantitative estimate of drug-likeness (QED) is 0.847. The van der Waals surface area contributed by atoms with Gasteiger partial charge in [-0.2, -0.15) is 0 Å². The maximum Gasteiger partial charge on any atom is 0.119 e. The van der Waals surface area contributed by atoms with Gasteiger partial charge < -0.3 is 10.1 Å². The van der Waals surface area contributed by atoms with Crippen LogP contribution in [0.1, 0.15) is 36.2 Å². The lowest BCUT2D eigenvalue weighted by Crippen LogP contribution is -2.23. The lowest BCUT2D eigenvalue weighted by Gasteiger charge is -2.21. The second-order valence-electron chi connectivity index (χ2n) is 5.01. The maximum absolute atomic E-state index is 5.36. The molecule has 0 spiro atoms. The van der Waals surface area contributed by atoms with Crippen molar-refractivity contribution in [3.05, 3.63) is 57.8 Å². The summed E-state index contributed by atoms with van der Waals surface area (Å²) in [6.07, 6.45) is 3.02. The molecule has 2 aromatic rings. The van der Waals surface area contributed by atoms with E-state index in [-0.39, 0.29) is 6.04 Å². The molecule has 1 heterocycles. The first kappa shape index (κ1) is 16.0. The monoisotopic (exact) mass is 348 g/mol. The van der Waals surface area contributed by atoms with E-state index in [1.165, 1.54) is 0 Å². The molecule has 21 heavy (non-hydrogen) atoms. The Morgan fingerprint density at radius 2 is 2.10 bits per heavy atom. The standard InChI is InChI=1S/C17H21BrN2O/c1-4-9-19-17(13-6-5-12(2)20-11-13)15-10-14(21-3)7-8-16(15)18/h5-8,10-11,17,19H,4,9H2,1-3H3. The highest BCUT2D eigenvalue weighted by atomic mass is 79.9. The fourth-order valence-electron chi connectivity index (χ4n) is 2.22. The minimum Gasteiger partial charge on any atom is -0.497 e. The number of aromatic nitrogens is 1. The summed E-state index contributed by atoms with van der Waals surface area (Å²) >= 11 is 3.65. The van der Waals surface area contributed by atoms with Crippen LogP contribution in [0.5, 0.6) is 5.75 Å². The number of hydrogen-bond acceptors (Lipinski definition) is 3. The van der Waals surface area contributed by atoms with Crippen molar-refractivity contribution in [1.29, 1.82) is 0 Å². The number of aryl methyl sites for hydroxylation is 1. The van der Waals surface area contributed by atoms with E-state index in [1.807, 2.05) is 31.3 Å². The van der Waals surface area contributed by atoms with E-state index in [1.54, 1.807) is 7.11 Å². The molecule has 1 atom stereocenters. The molecule has 112 valence electrons. The molecule has 1 aromatic heterocycles. The van der Waals surface area contributed by atoms with Crippen molar-refractivity contribution < 1.29 is 4.74 Å². The summed E-state index contributed by atoms with van der Waals surface area (Å²) in [6, 6.07) is 10.3.